The molecule has 3 unspecified atom stereocenters. The van der Waals surface area contributed by atoms with Crippen LogP contribution in [-0.4, -0.2) is 18.8 Å². The molecule has 0 aromatic heterocycles. The Morgan fingerprint density at radius 2 is 2.22 bits per heavy atom. The molecule has 0 spiro atoms. The molecule has 0 amide bonds. The van der Waals surface area contributed by atoms with Gasteiger partial charge in [-0.2, -0.15) is 0 Å². The number of aryl methyl sites for hydroxylation is 1. The molecule has 1 aliphatic carbocycles. The Labute approximate surface area is 109 Å². The molecule has 1 fully saturated rings. The summed E-state index contributed by atoms with van der Waals surface area (Å²) >= 11 is 0. The van der Waals surface area contributed by atoms with E-state index in [1.165, 1.54) is 17.5 Å². The second-order valence-electron chi connectivity index (χ2n) is 5.62. The van der Waals surface area contributed by atoms with Crippen molar-refractivity contribution in [2.24, 2.45) is 0 Å². The van der Waals surface area contributed by atoms with Crippen molar-refractivity contribution in [2.75, 3.05) is 12.3 Å². The van der Waals surface area contributed by atoms with E-state index in [2.05, 4.69) is 24.4 Å². The van der Waals surface area contributed by atoms with Gasteiger partial charge < -0.3 is 15.8 Å². The largest absolute Gasteiger partial charge is 0.399 e. The highest BCUT2D eigenvalue weighted by atomic mass is 16.5. The van der Waals surface area contributed by atoms with Crippen molar-refractivity contribution >= 4 is 5.69 Å². The van der Waals surface area contributed by atoms with E-state index in [1.807, 2.05) is 6.07 Å². The number of benzene rings is 1. The van der Waals surface area contributed by atoms with Crippen LogP contribution in [-0.2, 0) is 11.2 Å². The first-order chi connectivity index (χ1) is 8.72. The van der Waals surface area contributed by atoms with Crippen molar-refractivity contribution in [1.29, 1.82) is 0 Å². The number of nitrogen functional groups attached to an aromatic ring is 1. The molecule has 3 atom stereocenters. The normalized spacial score (nSPS) is 31.3. The number of nitrogens with two attached hydrogens (primary N) is 1. The number of hydrogen-bond donors (Lipinski definition) is 2. The fraction of sp³-hybridized carbons (Fsp3) is 0.600. The van der Waals surface area contributed by atoms with Crippen LogP contribution in [0.15, 0.2) is 18.2 Å². The minimum Gasteiger partial charge on any atom is -0.399 e. The van der Waals surface area contributed by atoms with Crippen LogP contribution in [0.25, 0.3) is 0 Å². The molecule has 1 aromatic carbocycles. The predicted molar refractivity (Wildman–Crippen MR) is 73.5 cm³/mol. The summed E-state index contributed by atoms with van der Waals surface area (Å²) in [7, 11) is 0. The van der Waals surface area contributed by atoms with Crippen LogP contribution in [0.5, 0.6) is 0 Å². The van der Waals surface area contributed by atoms with E-state index in [4.69, 9.17) is 10.5 Å². The van der Waals surface area contributed by atoms with Crippen molar-refractivity contribution < 1.29 is 4.74 Å². The lowest BCUT2D eigenvalue weighted by Gasteiger charge is -2.30. The average molecular weight is 246 g/mol. The Hall–Kier alpha value is -1.06. The Kier molecular flexibility index (Phi) is 3.27. The maximum absolute atomic E-state index is 5.84. The summed E-state index contributed by atoms with van der Waals surface area (Å²) in [5.41, 5.74) is 9.60. The zero-order valence-electron chi connectivity index (χ0n) is 11.0. The van der Waals surface area contributed by atoms with Gasteiger partial charge in [0.1, 0.15) is 0 Å². The fourth-order valence-corrected chi connectivity index (χ4v) is 3.24. The molecule has 3 nitrogen and oxygen atoms in total. The Morgan fingerprint density at radius 3 is 3.06 bits per heavy atom. The summed E-state index contributed by atoms with van der Waals surface area (Å²) in [4.78, 5) is 0. The molecule has 3 rings (SSSR count). The molecule has 2 aliphatic rings. The summed E-state index contributed by atoms with van der Waals surface area (Å²) in [6.45, 7) is 3.05. The lowest BCUT2D eigenvalue weighted by Crippen LogP contribution is -2.39. The number of fused-ring (bicyclic) bond motifs is 1. The molecule has 18 heavy (non-hydrogen) atoms. The van der Waals surface area contributed by atoms with E-state index in [0.29, 0.717) is 18.2 Å². The van der Waals surface area contributed by atoms with E-state index >= 15 is 0 Å². The highest BCUT2D eigenvalue weighted by Gasteiger charge is 2.27. The van der Waals surface area contributed by atoms with Crippen molar-refractivity contribution in [1.82, 2.24) is 5.32 Å². The van der Waals surface area contributed by atoms with Gasteiger partial charge in [0.25, 0.3) is 0 Å². The van der Waals surface area contributed by atoms with Crippen LogP contribution in [0, 0.1) is 0 Å². The molecule has 0 radical (unpaired) electrons. The summed E-state index contributed by atoms with van der Waals surface area (Å²) in [6.07, 6.45) is 5.00. The third-order valence-corrected chi connectivity index (χ3v) is 4.17. The lowest BCUT2D eigenvalue weighted by molar-refractivity contribution is 0.0112. The van der Waals surface area contributed by atoms with Crippen molar-refractivity contribution in [3.8, 4) is 0 Å². The third-order valence-electron chi connectivity index (χ3n) is 4.17. The number of ether oxygens (including phenoxy) is 1. The smallest absolute Gasteiger partial charge is 0.0561 e. The molecular weight excluding hydrogens is 224 g/mol. The van der Waals surface area contributed by atoms with Crippen molar-refractivity contribution in [2.45, 2.75) is 50.8 Å². The standard InChI is InChI=1S/C15H22N2O/c1-10-8-13(6-7-18-10)17-15-5-2-11-9-12(16)3-4-14(11)15/h3-4,9-10,13,15,17H,2,5-8,16H2,1H3. The Morgan fingerprint density at radius 1 is 1.33 bits per heavy atom. The van der Waals surface area contributed by atoms with Gasteiger partial charge in [-0.05, 0) is 55.9 Å². The van der Waals surface area contributed by atoms with Gasteiger partial charge in [0, 0.05) is 24.4 Å². The van der Waals surface area contributed by atoms with Gasteiger partial charge in [-0.25, -0.2) is 0 Å². The summed E-state index contributed by atoms with van der Waals surface area (Å²) < 4.78 is 5.60. The minimum atomic E-state index is 0.392. The SMILES string of the molecule is CC1CC(NC2CCc3cc(N)ccc32)CCO1. The number of anilines is 1. The molecule has 1 saturated heterocycles. The molecule has 1 aromatic rings. The van der Waals surface area contributed by atoms with Crippen LogP contribution < -0.4 is 11.1 Å². The number of nitrogens with one attached hydrogen (secondary N) is 1. The van der Waals surface area contributed by atoms with E-state index in [1.54, 1.807) is 0 Å². The van der Waals surface area contributed by atoms with E-state index in [9.17, 15) is 0 Å². The molecule has 1 aliphatic heterocycles. The summed E-state index contributed by atoms with van der Waals surface area (Å²) in [6, 6.07) is 7.45. The monoisotopic (exact) mass is 246 g/mol. The molecule has 3 heteroatoms. The van der Waals surface area contributed by atoms with Gasteiger partial charge in [0.2, 0.25) is 0 Å². The number of rotatable bonds is 2. The zero-order valence-corrected chi connectivity index (χ0v) is 11.0. The van der Waals surface area contributed by atoms with Gasteiger partial charge in [0.05, 0.1) is 6.10 Å². The van der Waals surface area contributed by atoms with Crippen LogP contribution in [0.1, 0.15) is 43.4 Å². The predicted octanol–water partition coefficient (Wildman–Crippen LogP) is 2.41. The molecule has 0 saturated carbocycles. The molecule has 1 heterocycles. The van der Waals surface area contributed by atoms with Crippen LogP contribution in [0.2, 0.25) is 0 Å². The van der Waals surface area contributed by atoms with Gasteiger partial charge in [-0.3, -0.25) is 0 Å². The van der Waals surface area contributed by atoms with E-state index in [0.717, 1.165) is 31.6 Å². The summed E-state index contributed by atoms with van der Waals surface area (Å²) in [5, 5.41) is 3.80. The zero-order chi connectivity index (χ0) is 12.5. The highest BCUT2D eigenvalue weighted by Crippen LogP contribution is 2.33. The van der Waals surface area contributed by atoms with E-state index < -0.39 is 0 Å². The third kappa shape index (κ3) is 2.38. The maximum Gasteiger partial charge on any atom is 0.0561 e. The molecule has 3 N–H and O–H groups in total. The fourth-order valence-electron chi connectivity index (χ4n) is 3.24. The minimum absolute atomic E-state index is 0.392. The first kappa shape index (κ1) is 12.0. The van der Waals surface area contributed by atoms with Gasteiger partial charge >= 0.3 is 0 Å². The number of hydrogen-bond acceptors (Lipinski definition) is 3. The van der Waals surface area contributed by atoms with Crippen LogP contribution in [0.4, 0.5) is 5.69 Å². The first-order valence-corrected chi connectivity index (χ1v) is 6.98. The van der Waals surface area contributed by atoms with Crippen LogP contribution >= 0.6 is 0 Å². The summed E-state index contributed by atoms with van der Waals surface area (Å²) in [5.74, 6) is 0. The first-order valence-electron chi connectivity index (χ1n) is 6.98. The Bertz CT molecular complexity index is 433. The molecule has 98 valence electrons. The molecule has 0 bridgehead atoms. The topological polar surface area (TPSA) is 47.3 Å². The van der Waals surface area contributed by atoms with Gasteiger partial charge in [-0.1, -0.05) is 6.07 Å². The lowest BCUT2D eigenvalue weighted by atomic mass is 10.0. The van der Waals surface area contributed by atoms with Crippen LogP contribution in [0.3, 0.4) is 0 Å². The second-order valence-corrected chi connectivity index (χ2v) is 5.62. The Balaban J connectivity index is 1.69. The van der Waals surface area contributed by atoms with Gasteiger partial charge in [0.15, 0.2) is 0 Å². The average Bonchev–Trinajstić information content (AvgIpc) is 2.72. The van der Waals surface area contributed by atoms with Crippen molar-refractivity contribution in [3.63, 3.8) is 0 Å². The van der Waals surface area contributed by atoms with E-state index in [-0.39, 0.29) is 0 Å². The van der Waals surface area contributed by atoms with Crippen molar-refractivity contribution in [3.05, 3.63) is 29.3 Å². The second kappa shape index (κ2) is 4.90. The van der Waals surface area contributed by atoms with Gasteiger partial charge in [-0.15, -0.1) is 0 Å². The maximum atomic E-state index is 5.84. The molecular formula is C15H22N2O. The highest BCUT2D eigenvalue weighted by molar-refractivity contribution is 5.47. The quantitative estimate of drug-likeness (QED) is 0.788.